The summed E-state index contributed by atoms with van der Waals surface area (Å²) in [5.74, 6) is -0.584. The normalized spacial score (nSPS) is 9.93. The highest BCUT2D eigenvalue weighted by atomic mass is 16.3. The topological polar surface area (TPSA) is 81.6 Å². The molecule has 0 saturated carbocycles. The molecule has 1 aromatic rings. The Balaban J connectivity index is 2.65. The van der Waals surface area contributed by atoms with Crippen molar-refractivity contribution in [1.29, 1.82) is 0 Å². The molecule has 0 aromatic heterocycles. The molecule has 0 unspecified atom stereocenters. The molecule has 0 bridgehead atoms. The van der Waals surface area contributed by atoms with E-state index in [1.807, 2.05) is 0 Å². The fourth-order valence-electron chi connectivity index (χ4n) is 1.13. The Kier molecular flexibility index (Phi) is 3.93. The molecule has 0 fully saturated rings. The van der Waals surface area contributed by atoms with Crippen LogP contribution in [0.1, 0.15) is 10.4 Å². The van der Waals surface area contributed by atoms with E-state index in [4.69, 9.17) is 10.2 Å². The lowest BCUT2D eigenvalue weighted by Gasteiger charge is -2.05. The molecule has 15 heavy (non-hydrogen) atoms. The van der Waals surface area contributed by atoms with E-state index in [2.05, 4.69) is 10.6 Å². The van der Waals surface area contributed by atoms with Gasteiger partial charge in [-0.05, 0) is 19.2 Å². The Morgan fingerprint density at radius 1 is 1.20 bits per heavy atom. The number of aromatic hydroxyl groups is 2. The third-order valence-corrected chi connectivity index (χ3v) is 1.83. The highest BCUT2D eigenvalue weighted by molar-refractivity contribution is 5.95. The van der Waals surface area contributed by atoms with Gasteiger partial charge < -0.3 is 20.8 Å². The van der Waals surface area contributed by atoms with Gasteiger partial charge in [0.05, 0.1) is 0 Å². The zero-order valence-electron chi connectivity index (χ0n) is 8.45. The number of likely N-dealkylation sites (N-methyl/N-ethyl adjacent to an activating group) is 1. The summed E-state index contributed by atoms with van der Waals surface area (Å²) in [5.41, 5.74) is 0.239. The molecule has 1 aromatic carbocycles. The van der Waals surface area contributed by atoms with E-state index >= 15 is 0 Å². The molecule has 0 aliphatic heterocycles. The molecule has 4 N–H and O–H groups in total. The first-order valence-electron chi connectivity index (χ1n) is 4.59. The highest BCUT2D eigenvalue weighted by Gasteiger charge is 2.07. The summed E-state index contributed by atoms with van der Waals surface area (Å²) in [6, 6.07) is 3.77. The van der Waals surface area contributed by atoms with Crippen LogP contribution in [-0.4, -0.2) is 36.3 Å². The summed E-state index contributed by atoms with van der Waals surface area (Å²) in [6.45, 7) is 1.16. The summed E-state index contributed by atoms with van der Waals surface area (Å²) in [5, 5.41) is 23.8. The quantitative estimate of drug-likeness (QED) is 0.529. The van der Waals surface area contributed by atoms with Crippen LogP contribution in [0.25, 0.3) is 0 Å². The fraction of sp³-hybridized carbons (Fsp3) is 0.300. The van der Waals surface area contributed by atoms with Crippen LogP contribution in [0.3, 0.4) is 0 Å². The van der Waals surface area contributed by atoms with E-state index in [0.29, 0.717) is 13.1 Å². The molecule has 82 valence electrons. The van der Waals surface area contributed by atoms with Gasteiger partial charge in [0.15, 0.2) is 0 Å². The third-order valence-electron chi connectivity index (χ3n) is 1.83. The summed E-state index contributed by atoms with van der Waals surface area (Å²) in [7, 11) is 1.78. The van der Waals surface area contributed by atoms with Crippen LogP contribution < -0.4 is 10.6 Å². The predicted octanol–water partition coefficient (Wildman–Crippen LogP) is 0.0470. The van der Waals surface area contributed by atoms with Crippen molar-refractivity contribution >= 4 is 5.91 Å². The van der Waals surface area contributed by atoms with Gasteiger partial charge in [0.1, 0.15) is 11.5 Å². The Labute approximate surface area is 87.7 Å². The molecule has 0 aliphatic carbocycles. The second kappa shape index (κ2) is 5.21. The molecule has 0 spiro atoms. The van der Waals surface area contributed by atoms with Crippen LogP contribution in [0.4, 0.5) is 0 Å². The number of nitrogens with one attached hydrogen (secondary N) is 2. The Morgan fingerprint density at radius 2 is 1.80 bits per heavy atom. The lowest BCUT2D eigenvalue weighted by Crippen LogP contribution is -2.30. The largest absolute Gasteiger partial charge is 0.508 e. The van der Waals surface area contributed by atoms with Crippen molar-refractivity contribution in [1.82, 2.24) is 10.6 Å². The number of hydrogen-bond donors (Lipinski definition) is 4. The molecular weight excluding hydrogens is 196 g/mol. The van der Waals surface area contributed by atoms with Gasteiger partial charge in [0.25, 0.3) is 5.91 Å². The predicted molar refractivity (Wildman–Crippen MR) is 56.0 cm³/mol. The number of hydrogen-bond acceptors (Lipinski definition) is 4. The van der Waals surface area contributed by atoms with Gasteiger partial charge in [-0.1, -0.05) is 0 Å². The number of amides is 1. The van der Waals surface area contributed by atoms with Gasteiger partial charge >= 0.3 is 0 Å². The van der Waals surface area contributed by atoms with Crippen LogP contribution in [0.5, 0.6) is 11.5 Å². The number of rotatable bonds is 4. The summed E-state index contributed by atoms with van der Waals surface area (Å²) in [4.78, 5) is 11.5. The summed E-state index contributed by atoms with van der Waals surface area (Å²) < 4.78 is 0. The smallest absolute Gasteiger partial charge is 0.251 e. The molecule has 0 aliphatic rings. The molecule has 0 heterocycles. The Hall–Kier alpha value is -1.75. The lowest BCUT2D eigenvalue weighted by atomic mass is 10.2. The average molecular weight is 210 g/mol. The molecule has 0 radical (unpaired) electrons. The van der Waals surface area contributed by atoms with Crippen molar-refractivity contribution in [2.24, 2.45) is 0 Å². The van der Waals surface area contributed by atoms with Crippen molar-refractivity contribution in [3.05, 3.63) is 23.8 Å². The van der Waals surface area contributed by atoms with Crippen LogP contribution in [0.15, 0.2) is 18.2 Å². The second-order valence-electron chi connectivity index (χ2n) is 3.10. The van der Waals surface area contributed by atoms with Gasteiger partial charge in [-0.2, -0.15) is 0 Å². The average Bonchev–Trinajstić information content (AvgIpc) is 2.16. The van der Waals surface area contributed by atoms with Crippen molar-refractivity contribution in [2.45, 2.75) is 0 Å². The Bertz CT molecular complexity index is 332. The van der Waals surface area contributed by atoms with E-state index in [0.717, 1.165) is 0 Å². The second-order valence-corrected chi connectivity index (χ2v) is 3.10. The number of phenols is 2. The van der Waals surface area contributed by atoms with Crippen LogP contribution in [-0.2, 0) is 0 Å². The maximum atomic E-state index is 11.5. The summed E-state index contributed by atoms with van der Waals surface area (Å²) in [6.07, 6.45) is 0. The number of phenolic OH excluding ortho intramolecular Hbond substituents is 2. The minimum Gasteiger partial charge on any atom is -0.508 e. The van der Waals surface area contributed by atoms with Gasteiger partial charge in [-0.3, -0.25) is 4.79 Å². The minimum absolute atomic E-state index is 0.131. The van der Waals surface area contributed by atoms with Gasteiger partial charge in [0, 0.05) is 24.7 Å². The Morgan fingerprint density at radius 3 is 2.33 bits per heavy atom. The third kappa shape index (κ3) is 3.47. The van der Waals surface area contributed by atoms with Gasteiger partial charge in [0.2, 0.25) is 0 Å². The first kappa shape index (κ1) is 11.3. The standard InChI is InChI=1S/C10H14N2O3/c1-11-2-3-12-10(15)7-4-8(13)6-9(14)5-7/h4-6,11,13-14H,2-3H2,1H3,(H,12,15). The van der Waals surface area contributed by atoms with Crippen LogP contribution >= 0.6 is 0 Å². The molecule has 0 atom stereocenters. The van der Waals surface area contributed by atoms with Crippen LogP contribution in [0.2, 0.25) is 0 Å². The van der Waals surface area contributed by atoms with E-state index in [1.54, 1.807) is 7.05 Å². The zero-order chi connectivity index (χ0) is 11.3. The molecular formula is C10H14N2O3. The van der Waals surface area contributed by atoms with Crippen molar-refractivity contribution in [2.75, 3.05) is 20.1 Å². The molecule has 1 rings (SSSR count). The SMILES string of the molecule is CNCCNC(=O)c1cc(O)cc(O)c1. The maximum Gasteiger partial charge on any atom is 0.251 e. The van der Waals surface area contributed by atoms with E-state index < -0.39 is 0 Å². The molecule has 0 saturated heterocycles. The summed E-state index contributed by atoms with van der Waals surface area (Å²) >= 11 is 0. The van der Waals surface area contributed by atoms with E-state index in [9.17, 15) is 4.79 Å². The first-order chi connectivity index (χ1) is 7.13. The number of carbonyl (C=O) groups is 1. The minimum atomic E-state index is -0.323. The fourth-order valence-corrected chi connectivity index (χ4v) is 1.13. The van der Waals surface area contributed by atoms with Gasteiger partial charge in [-0.15, -0.1) is 0 Å². The van der Waals surface area contributed by atoms with Crippen molar-refractivity contribution < 1.29 is 15.0 Å². The van der Waals surface area contributed by atoms with Gasteiger partial charge in [-0.25, -0.2) is 0 Å². The van der Waals surface area contributed by atoms with E-state index in [1.165, 1.54) is 18.2 Å². The first-order valence-corrected chi connectivity index (χ1v) is 4.59. The lowest BCUT2D eigenvalue weighted by molar-refractivity contribution is 0.0953. The number of carbonyl (C=O) groups excluding carboxylic acids is 1. The van der Waals surface area contributed by atoms with Crippen molar-refractivity contribution in [3.63, 3.8) is 0 Å². The zero-order valence-corrected chi connectivity index (χ0v) is 8.45. The van der Waals surface area contributed by atoms with Crippen LogP contribution in [0, 0.1) is 0 Å². The molecule has 5 heteroatoms. The highest BCUT2D eigenvalue weighted by Crippen LogP contribution is 2.19. The van der Waals surface area contributed by atoms with Crippen molar-refractivity contribution in [3.8, 4) is 11.5 Å². The molecule has 1 amide bonds. The molecule has 5 nitrogen and oxygen atoms in total. The monoisotopic (exact) mass is 210 g/mol. The maximum absolute atomic E-state index is 11.5. The van der Waals surface area contributed by atoms with E-state index in [-0.39, 0.29) is 23.0 Å². The number of benzene rings is 1.